The van der Waals surface area contributed by atoms with E-state index in [0.717, 1.165) is 5.57 Å². The van der Waals surface area contributed by atoms with Crippen molar-refractivity contribution in [2.45, 2.75) is 20.8 Å². The number of rotatable bonds is 2. The van der Waals surface area contributed by atoms with Crippen molar-refractivity contribution in [1.82, 2.24) is 0 Å². The molecule has 0 atom stereocenters. The van der Waals surface area contributed by atoms with Crippen molar-refractivity contribution in [2.24, 2.45) is 5.41 Å². The van der Waals surface area contributed by atoms with E-state index in [-0.39, 0.29) is 0 Å². The highest BCUT2D eigenvalue weighted by Crippen LogP contribution is 2.25. The van der Waals surface area contributed by atoms with Crippen molar-refractivity contribution in [3.63, 3.8) is 0 Å². The predicted molar refractivity (Wildman–Crippen MR) is 43.3 cm³/mol. The molecule has 0 unspecified atom stereocenters. The van der Waals surface area contributed by atoms with Gasteiger partial charge >= 0.3 is 0 Å². The quantitative estimate of drug-likeness (QED) is 0.534. The van der Waals surface area contributed by atoms with E-state index in [0.29, 0.717) is 0 Å². The van der Waals surface area contributed by atoms with Crippen LogP contribution in [0.4, 0.5) is 0 Å². The number of allylic oxidation sites excluding steroid dienone is 3. The summed E-state index contributed by atoms with van der Waals surface area (Å²) in [5.74, 6) is 0. The van der Waals surface area contributed by atoms with Crippen molar-refractivity contribution in [3.05, 3.63) is 24.3 Å². The van der Waals surface area contributed by atoms with Crippen LogP contribution in [0.5, 0.6) is 0 Å². The van der Waals surface area contributed by atoms with E-state index in [2.05, 4.69) is 12.6 Å². The van der Waals surface area contributed by atoms with Crippen LogP contribution in [0.3, 0.4) is 0 Å². The Hall–Kier alpha value is -1.03. The molecule has 0 aromatic carbocycles. The minimum Gasteiger partial charge on any atom is -0.197 e. The second-order valence-electron chi connectivity index (χ2n) is 2.68. The minimum absolute atomic E-state index is 0.392. The largest absolute Gasteiger partial charge is 0.197 e. The van der Waals surface area contributed by atoms with Gasteiger partial charge in [-0.1, -0.05) is 18.7 Å². The highest BCUT2D eigenvalue weighted by atomic mass is 14.3. The molecule has 54 valence electrons. The molecule has 0 saturated heterocycles. The molecule has 1 nitrogen and oxygen atoms in total. The first-order valence-corrected chi connectivity index (χ1v) is 3.29. The lowest BCUT2D eigenvalue weighted by atomic mass is 9.86. The zero-order chi connectivity index (χ0) is 8.20. The van der Waals surface area contributed by atoms with Crippen LogP contribution < -0.4 is 0 Å². The van der Waals surface area contributed by atoms with Crippen molar-refractivity contribution >= 4 is 0 Å². The summed E-state index contributed by atoms with van der Waals surface area (Å²) < 4.78 is 0. The van der Waals surface area contributed by atoms with Crippen LogP contribution in [-0.2, 0) is 0 Å². The molecular formula is C9H13N. The second kappa shape index (κ2) is 3.22. The predicted octanol–water partition coefficient (Wildman–Crippen LogP) is 2.67. The Labute approximate surface area is 62.7 Å². The Balaban J connectivity index is 4.64. The van der Waals surface area contributed by atoms with Crippen LogP contribution in [-0.4, -0.2) is 0 Å². The fraction of sp³-hybridized carbons (Fsp3) is 0.444. The van der Waals surface area contributed by atoms with Gasteiger partial charge in [0.25, 0.3) is 0 Å². The van der Waals surface area contributed by atoms with E-state index in [1.54, 1.807) is 6.08 Å². The van der Waals surface area contributed by atoms with Gasteiger partial charge in [0, 0.05) is 0 Å². The topological polar surface area (TPSA) is 23.8 Å². The van der Waals surface area contributed by atoms with Gasteiger partial charge in [0.1, 0.15) is 0 Å². The van der Waals surface area contributed by atoms with Gasteiger partial charge in [0.15, 0.2) is 0 Å². The summed E-state index contributed by atoms with van der Waals surface area (Å²) in [6.07, 6.45) is 3.64. The molecule has 0 fully saturated rings. The first-order chi connectivity index (χ1) is 4.58. The maximum atomic E-state index is 8.69. The lowest BCUT2D eigenvalue weighted by Gasteiger charge is -2.15. The Bertz CT molecular complexity index is 191. The number of nitriles is 1. The van der Waals surface area contributed by atoms with Gasteiger partial charge in [-0.2, -0.15) is 5.26 Å². The number of nitrogens with zero attached hydrogens (tertiary/aromatic N) is 1. The molecule has 0 radical (unpaired) electrons. The van der Waals surface area contributed by atoms with Crippen LogP contribution in [0.25, 0.3) is 0 Å². The van der Waals surface area contributed by atoms with Crippen molar-refractivity contribution < 1.29 is 0 Å². The SMILES string of the molecule is C=C/C(=C\C)C(C)(C)C#N. The van der Waals surface area contributed by atoms with E-state index in [1.165, 1.54) is 0 Å². The Kier molecular flexibility index (Phi) is 2.89. The van der Waals surface area contributed by atoms with Crippen molar-refractivity contribution in [3.8, 4) is 6.07 Å². The molecule has 0 aliphatic heterocycles. The molecule has 0 N–H and O–H groups in total. The highest BCUT2D eigenvalue weighted by molar-refractivity contribution is 5.28. The Morgan fingerprint density at radius 3 is 2.20 bits per heavy atom. The van der Waals surface area contributed by atoms with Crippen LogP contribution in [0.2, 0.25) is 0 Å². The highest BCUT2D eigenvalue weighted by Gasteiger charge is 2.18. The maximum absolute atomic E-state index is 8.69. The molecule has 0 aliphatic rings. The summed E-state index contributed by atoms with van der Waals surface area (Å²) in [7, 11) is 0. The van der Waals surface area contributed by atoms with Gasteiger partial charge < -0.3 is 0 Å². The summed E-state index contributed by atoms with van der Waals surface area (Å²) in [5, 5.41) is 8.69. The van der Waals surface area contributed by atoms with Gasteiger partial charge in [0.05, 0.1) is 11.5 Å². The van der Waals surface area contributed by atoms with Crippen molar-refractivity contribution in [1.29, 1.82) is 5.26 Å². The molecule has 0 bridgehead atoms. The molecule has 0 heterocycles. The standard InChI is InChI=1S/C9H13N/c1-5-8(6-2)9(3,4)7-10/h5-6H,1H2,2-4H3/b8-6+. The van der Waals surface area contributed by atoms with Gasteiger partial charge in [-0.15, -0.1) is 0 Å². The fourth-order valence-electron chi connectivity index (χ4n) is 0.798. The summed E-state index contributed by atoms with van der Waals surface area (Å²) in [5.41, 5.74) is 0.589. The molecular weight excluding hydrogens is 122 g/mol. The van der Waals surface area contributed by atoms with E-state index < -0.39 is 5.41 Å². The van der Waals surface area contributed by atoms with Gasteiger partial charge in [-0.25, -0.2) is 0 Å². The van der Waals surface area contributed by atoms with Crippen LogP contribution >= 0.6 is 0 Å². The third-order valence-electron chi connectivity index (χ3n) is 1.53. The van der Waals surface area contributed by atoms with E-state index in [1.807, 2.05) is 26.8 Å². The monoisotopic (exact) mass is 135 g/mol. The van der Waals surface area contributed by atoms with Crippen molar-refractivity contribution in [2.75, 3.05) is 0 Å². The average Bonchev–Trinajstić information content (AvgIpc) is 1.90. The molecule has 0 rings (SSSR count). The zero-order valence-electron chi connectivity index (χ0n) is 6.81. The smallest absolute Gasteiger partial charge is 0.0762 e. The minimum atomic E-state index is -0.392. The summed E-state index contributed by atoms with van der Waals surface area (Å²) >= 11 is 0. The molecule has 0 saturated carbocycles. The third kappa shape index (κ3) is 1.73. The molecule has 0 aromatic heterocycles. The lowest BCUT2D eigenvalue weighted by molar-refractivity contribution is 0.612. The average molecular weight is 135 g/mol. The van der Waals surface area contributed by atoms with Crippen LogP contribution in [0, 0.1) is 16.7 Å². The zero-order valence-corrected chi connectivity index (χ0v) is 6.81. The van der Waals surface area contributed by atoms with E-state index >= 15 is 0 Å². The van der Waals surface area contributed by atoms with Gasteiger partial charge in [-0.05, 0) is 26.3 Å². The molecule has 0 spiro atoms. The summed E-state index contributed by atoms with van der Waals surface area (Å²) in [6, 6.07) is 2.20. The van der Waals surface area contributed by atoms with E-state index in [9.17, 15) is 0 Å². The first-order valence-electron chi connectivity index (χ1n) is 3.29. The lowest BCUT2D eigenvalue weighted by Crippen LogP contribution is -2.09. The molecule has 0 aromatic rings. The maximum Gasteiger partial charge on any atom is 0.0762 e. The molecule has 1 heteroatoms. The Morgan fingerprint density at radius 1 is 1.60 bits per heavy atom. The second-order valence-corrected chi connectivity index (χ2v) is 2.68. The summed E-state index contributed by atoms with van der Waals surface area (Å²) in [4.78, 5) is 0. The third-order valence-corrected chi connectivity index (χ3v) is 1.53. The number of hydrogen-bond donors (Lipinski definition) is 0. The first kappa shape index (κ1) is 8.97. The molecule has 10 heavy (non-hydrogen) atoms. The van der Waals surface area contributed by atoms with E-state index in [4.69, 9.17) is 5.26 Å². The molecule has 0 amide bonds. The number of hydrogen-bond acceptors (Lipinski definition) is 1. The fourth-order valence-corrected chi connectivity index (χ4v) is 0.798. The normalized spacial score (nSPS) is 12.4. The Morgan fingerprint density at radius 2 is 2.10 bits per heavy atom. The molecule has 0 aliphatic carbocycles. The van der Waals surface area contributed by atoms with Gasteiger partial charge in [0.2, 0.25) is 0 Å². The summed E-state index contributed by atoms with van der Waals surface area (Å²) in [6.45, 7) is 9.30. The van der Waals surface area contributed by atoms with Gasteiger partial charge in [-0.3, -0.25) is 0 Å². The van der Waals surface area contributed by atoms with Crippen LogP contribution in [0.1, 0.15) is 20.8 Å². The van der Waals surface area contributed by atoms with Crippen LogP contribution in [0.15, 0.2) is 24.3 Å².